The van der Waals surface area contributed by atoms with Crippen molar-refractivity contribution >= 4 is 40.5 Å². The molecule has 0 fully saturated rings. The van der Waals surface area contributed by atoms with Gasteiger partial charge in [-0.3, -0.25) is 14.9 Å². The molecule has 0 aliphatic rings. The number of nitro benzene ring substituents is 1. The van der Waals surface area contributed by atoms with Crippen molar-refractivity contribution in [2.45, 2.75) is 0 Å². The summed E-state index contributed by atoms with van der Waals surface area (Å²) in [6.45, 7) is -0.453. The van der Waals surface area contributed by atoms with Crippen molar-refractivity contribution in [3.05, 3.63) is 92.7 Å². The average Bonchev–Trinajstić information content (AvgIpc) is 2.83. The fraction of sp³-hybridized carbons (Fsp3) is 0.0833. The van der Waals surface area contributed by atoms with Gasteiger partial charge < -0.3 is 14.8 Å². The number of carbonyl (C=O) groups is 1. The Morgan fingerprint density at radius 1 is 1.24 bits per heavy atom. The molecule has 0 aromatic heterocycles. The number of nitriles is 1. The van der Waals surface area contributed by atoms with E-state index in [-0.39, 0.29) is 33.5 Å². The van der Waals surface area contributed by atoms with Crippen molar-refractivity contribution in [2.75, 3.05) is 19.0 Å². The summed E-state index contributed by atoms with van der Waals surface area (Å²) in [4.78, 5) is 22.4. The van der Waals surface area contributed by atoms with E-state index < -0.39 is 23.3 Å². The summed E-state index contributed by atoms with van der Waals surface area (Å²) in [6, 6.07) is 16.4. The van der Waals surface area contributed by atoms with Crippen LogP contribution in [0.3, 0.4) is 0 Å². The Balaban J connectivity index is 1.79. The third kappa shape index (κ3) is 5.88. The topological polar surface area (TPSA) is 114 Å². The quantitative estimate of drug-likeness (QED) is 0.197. The number of nitro groups is 1. The number of amides is 1. The molecular weight excluding hydrogens is 465 g/mol. The lowest BCUT2D eigenvalue weighted by Gasteiger charge is -2.14. The molecule has 3 aromatic rings. The summed E-state index contributed by atoms with van der Waals surface area (Å²) in [5.41, 5.74) is 1.15. The Hall–Kier alpha value is -4.42. The fourth-order valence-corrected chi connectivity index (χ4v) is 3.23. The van der Waals surface area contributed by atoms with Crippen LogP contribution < -0.4 is 14.8 Å². The van der Waals surface area contributed by atoms with Gasteiger partial charge in [-0.15, -0.1) is 0 Å². The van der Waals surface area contributed by atoms with Gasteiger partial charge in [0.25, 0.3) is 11.6 Å². The number of hydrogen-bond donors (Lipinski definition) is 1. The Bertz CT molecular complexity index is 1300. The molecule has 0 spiro atoms. The molecule has 0 atom stereocenters. The smallest absolute Gasteiger partial charge is 0.269 e. The van der Waals surface area contributed by atoms with E-state index in [4.69, 9.17) is 21.1 Å². The first-order valence-corrected chi connectivity index (χ1v) is 10.1. The SMILES string of the molecule is COc1cc(C=C(C#N)c2ccc([N+](=O)[O-])cc2)cc(Cl)c1OCC(=O)Nc1ccccc1F. The number of nitrogens with zero attached hydrogens (tertiary/aromatic N) is 2. The first-order valence-electron chi connectivity index (χ1n) is 9.73. The summed E-state index contributed by atoms with van der Waals surface area (Å²) in [5.74, 6) is -0.877. The molecule has 172 valence electrons. The van der Waals surface area contributed by atoms with Gasteiger partial charge in [0.1, 0.15) is 5.82 Å². The Labute approximate surface area is 198 Å². The molecule has 0 radical (unpaired) electrons. The van der Waals surface area contributed by atoms with Crippen LogP contribution in [0.1, 0.15) is 11.1 Å². The summed E-state index contributed by atoms with van der Waals surface area (Å²) in [7, 11) is 1.38. The van der Waals surface area contributed by atoms with E-state index in [2.05, 4.69) is 5.32 Å². The van der Waals surface area contributed by atoms with Crippen LogP contribution >= 0.6 is 11.6 Å². The zero-order valence-corrected chi connectivity index (χ0v) is 18.5. The number of allylic oxidation sites excluding steroid dienone is 1. The van der Waals surface area contributed by atoms with Crippen LogP contribution in [0.25, 0.3) is 11.6 Å². The van der Waals surface area contributed by atoms with E-state index in [9.17, 15) is 24.6 Å². The predicted octanol–water partition coefficient (Wildman–Crippen LogP) is 5.48. The number of para-hydroxylation sites is 1. The van der Waals surface area contributed by atoms with E-state index in [0.717, 1.165) is 0 Å². The Morgan fingerprint density at radius 3 is 2.56 bits per heavy atom. The van der Waals surface area contributed by atoms with Gasteiger partial charge in [0.15, 0.2) is 18.1 Å². The molecule has 0 aliphatic heterocycles. The van der Waals surface area contributed by atoms with E-state index >= 15 is 0 Å². The number of hydrogen-bond acceptors (Lipinski definition) is 6. The molecule has 0 aliphatic carbocycles. The molecule has 1 N–H and O–H groups in total. The number of non-ortho nitro benzene ring substituents is 1. The van der Waals surface area contributed by atoms with Crippen molar-refractivity contribution in [1.82, 2.24) is 0 Å². The highest BCUT2D eigenvalue weighted by molar-refractivity contribution is 6.32. The van der Waals surface area contributed by atoms with Crippen LogP contribution in [0.2, 0.25) is 5.02 Å². The molecule has 3 rings (SSSR count). The number of benzene rings is 3. The molecule has 10 heteroatoms. The number of rotatable bonds is 8. The minimum Gasteiger partial charge on any atom is -0.493 e. The molecule has 34 heavy (non-hydrogen) atoms. The molecule has 0 heterocycles. The van der Waals surface area contributed by atoms with E-state index in [1.165, 1.54) is 61.7 Å². The van der Waals surface area contributed by atoms with Gasteiger partial charge in [-0.25, -0.2) is 4.39 Å². The standard InChI is InChI=1S/C24H17ClFN3O5/c1-33-22-12-15(10-17(13-27)16-6-8-18(9-7-16)29(31)32)11-19(25)24(22)34-14-23(30)28-21-5-3-2-4-20(21)26/h2-12H,14H2,1H3,(H,28,30). The first kappa shape index (κ1) is 24.2. The highest BCUT2D eigenvalue weighted by atomic mass is 35.5. The monoisotopic (exact) mass is 481 g/mol. The molecular formula is C24H17ClFN3O5. The van der Waals surface area contributed by atoms with Crippen LogP contribution in [0.4, 0.5) is 15.8 Å². The second-order valence-electron chi connectivity index (χ2n) is 6.82. The maximum atomic E-state index is 13.7. The second-order valence-corrected chi connectivity index (χ2v) is 7.23. The third-order valence-corrected chi connectivity index (χ3v) is 4.85. The number of methoxy groups -OCH3 is 1. The predicted molar refractivity (Wildman–Crippen MR) is 125 cm³/mol. The Kier molecular flexibility index (Phi) is 7.79. The van der Waals surface area contributed by atoms with E-state index in [1.807, 2.05) is 6.07 Å². The minimum absolute atomic E-state index is 0.0184. The van der Waals surface area contributed by atoms with Crippen LogP contribution in [0.5, 0.6) is 11.5 Å². The van der Waals surface area contributed by atoms with Gasteiger partial charge in [0.2, 0.25) is 0 Å². The van der Waals surface area contributed by atoms with Gasteiger partial charge in [-0.1, -0.05) is 23.7 Å². The lowest BCUT2D eigenvalue weighted by atomic mass is 10.0. The first-order chi connectivity index (χ1) is 16.3. The van der Waals surface area contributed by atoms with Crippen molar-refractivity contribution < 1.29 is 23.6 Å². The zero-order chi connectivity index (χ0) is 24.7. The number of ether oxygens (including phenoxy) is 2. The second kappa shape index (κ2) is 10.9. The summed E-state index contributed by atoms with van der Waals surface area (Å²) in [6.07, 6.45) is 1.53. The van der Waals surface area contributed by atoms with E-state index in [1.54, 1.807) is 12.1 Å². The largest absolute Gasteiger partial charge is 0.493 e. The molecule has 0 saturated carbocycles. The highest BCUT2D eigenvalue weighted by Crippen LogP contribution is 2.37. The maximum Gasteiger partial charge on any atom is 0.269 e. The summed E-state index contributed by atoms with van der Waals surface area (Å²) >= 11 is 6.33. The molecule has 1 amide bonds. The third-order valence-electron chi connectivity index (χ3n) is 4.57. The van der Waals surface area contributed by atoms with Crippen molar-refractivity contribution in [3.63, 3.8) is 0 Å². The summed E-state index contributed by atoms with van der Waals surface area (Å²) in [5, 5.41) is 22.9. The number of halogens is 2. The lowest BCUT2D eigenvalue weighted by Crippen LogP contribution is -2.21. The lowest BCUT2D eigenvalue weighted by molar-refractivity contribution is -0.384. The van der Waals surface area contributed by atoms with Crippen molar-refractivity contribution in [1.29, 1.82) is 5.26 Å². The molecule has 0 bridgehead atoms. The van der Waals surface area contributed by atoms with Gasteiger partial charge in [0.05, 0.1) is 34.4 Å². The molecule has 0 saturated heterocycles. The van der Waals surface area contributed by atoms with Gasteiger partial charge in [-0.2, -0.15) is 5.26 Å². The van der Waals surface area contributed by atoms with Crippen LogP contribution in [-0.2, 0) is 4.79 Å². The minimum atomic E-state index is -0.600. The molecule has 3 aromatic carbocycles. The van der Waals surface area contributed by atoms with Crippen molar-refractivity contribution in [2.24, 2.45) is 0 Å². The number of nitrogens with one attached hydrogen (secondary N) is 1. The van der Waals surface area contributed by atoms with Crippen LogP contribution in [0, 0.1) is 27.3 Å². The van der Waals surface area contributed by atoms with Gasteiger partial charge in [0, 0.05) is 12.1 Å². The Morgan fingerprint density at radius 2 is 1.94 bits per heavy atom. The number of anilines is 1. The molecule has 8 nitrogen and oxygen atoms in total. The van der Waals surface area contributed by atoms with Crippen LogP contribution in [0.15, 0.2) is 60.7 Å². The zero-order valence-electron chi connectivity index (χ0n) is 17.7. The maximum absolute atomic E-state index is 13.7. The number of carbonyl (C=O) groups excluding carboxylic acids is 1. The molecule has 0 unspecified atom stereocenters. The van der Waals surface area contributed by atoms with Gasteiger partial charge in [-0.05, 0) is 53.6 Å². The van der Waals surface area contributed by atoms with E-state index in [0.29, 0.717) is 11.1 Å². The normalized spacial score (nSPS) is 10.8. The van der Waals surface area contributed by atoms with Crippen molar-refractivity contribution in [3.8, 4) is 17.6 Å². The fourth-order valence-electron chi connectivity index (χ4n) is 2.96. The average molecular weight is 482 g/mol. The van der Waals surface area contributed by atoms with Gasteiger partial charge >= 0.3 is 0 Å². The highest BCUT2D eigenvalue weighted by Gasteiger charge is 2.15. The van der Waals surface area contributed by atoms with Crippen LogP contribution in [-0.4, -0.2) is 24.5 Å². The summed E-state index contributed by atoms with van der Waals surface area (Å²) < 4.78 is 24.5.